The van der Waals surface area contributed by atoms with Gasteiger partial charge in [-0.1, -0.05) is 11.2 Å². The Bertz CT molecular complexity index is 782. The summed E-state index contributed by atoms with van der Waals surface area (Å²) in [7, 11) is 0. The van der Waals surface area contributed by atoms with Gasteiger partial charge in [-0.3, -0.25) is 10.1 Å². The van der Waals surface area contributed by atoms with Crippen LogP contribution in [0.1, 0.15) is 28.7 Å². The van der Waals surface area contributed by atoms with Crippen molar-refractivity contribution in [3.8, 4) is 5.75 Å². The largest absolute Gasteiger partial charge is 0.508 e. The zero-order valence-corrected chi connectivity index (χ0v) is 12.7. The van der Waals surface area contributed by atoms with E-state index < -0.39 is 4.92 Å². The lowest BCUT2D eigenvalue weighted by Crippen LogP contribution is -1.97. The van der Waals surface area contributed by atoms with Gasteiger partial charge in [-0.2, -0.15) is 0 Å². The van der Waals surface area contributed by atoms with Gasteiger partial charge in [0.2, 0.25) is 0 Å². The van der Waals surface area contributed by atoms with Crippen molar-refractivity contribution < 1.29 is 14.9 Å². The smallest absolute Gasteiger partial charge is 0.269 e. The predicted molar refractivity (Wildman–Crippen MR) is 85.6 cm³/mol. The number of phenols is 1. The van der Waals surface area contributed by atoms with E-state index in [0.717, 1.165) is 40.8 Å². The van der Waals surface area contributed by atoms with Crippen molar-refractivity contribution in [1.82, 2.24) is 0 Å². The topological polar surface area (TPSA) is 85.0 Å². The first kappa shape index (κ1) is 15.0. The molecule has 0 radical (unpaired) electrons. The van der Waals surface area contributed by atoms with Crippen LogP contribution in [0.25, 0.3) is 0 Å². The van der Waals surface area contributed by atoms with Crippen LogP contribution in [0.5, 0.6) is 5.75 Å². The van der Waals surface area contributed by atoms with Gasteiger partial charge in [0.1, 0.15) is 12.4 Å². The van der Waals surface area contributed by atoms with E-state index in [4.69, 9.17) is 4.84 Å². The van der Waals surface area contributed by atoms with Crippen LogP contribution in [0.15, 0.2) is 41.6 Å². The quantitative estimate of drug-likeness (QED) is 0.692. The van der Waals surface area contributed by atoms with E-state index in [2.05, 4.69) is 5.16 Å². The highest BCUT2D eigenvalue weighted by Crippen LogP contribution is 2.29. The molecule has 1 N–H and O–H groups in total. The molecule has 6 nitrogen and oxygen atoms in total. The van der Waals surface area contributed by atoms with Crippen LogP contribution in [0.3, 0.4) is 0 Å². The number of benzene rings is 2. The number of fused-ring (bicyclic) bond motifs is 1. The molecule has 0 saturated carbocycles. The minimum Gasteiger partial charge on any atom is -0.508 e. The molecule has 2 aromatic carbocycles. The molecular formula is C17H16N2O4. The number of non-ortho nitro benzene ring substituents is 1. The molecule has 0 aromatic heterocycles. The Balaban J connectivity index is 1.68. The fourth-order valence-electron chi connectivity index (χ4n) is 2.61. The average Bonchev–Trinajstić information content (AvgIpc) is 2.90. The van der Waals surface area contributed by atoms with Crippen molar-refractivity contribution in [2.45, 2.75) is 26.4 Å². The van der Waals surface area contributed by atoms with Gasteiger partial charge in [0.25, 0.3) is 5.69 Å². The maximum absolute atomic E-state index is 10.6. The van der Waals surface area contributed by atoms with Gasteiger partial charge in [-0.25, -0.2) is 0 Å². The molecule has 0 fully saturated rings. The number of nitro benzene ring substituents is 1. The summed E-state index contributed by atoms with van der Waals surface area (Å²) in [4.78, 5) is 15.5. The lowest BCUT2D eigenvalue weighted by molar-refractivity contribution is -0.384. The summed E-state index contributed by atoms with van der Waals surface area (Å²) in [5, 5.41) is 24.6. The van der Waals surface area contributed by atoms with Crippen LogP contribution in [0.2, 0.25) is 0 Å². The number of hydrogen-bond donors (Lipinski definition) is 1. The van der Waals surface area contributed by atoms with Crippen molar-refractivity contribution >= 4 is 11.4 Å². The molecule has 0 bridgehead atoms. The Morgan fingerprint density at radius 3 is 2.70 bits per heavy atom. The molecule has 0 atom stereocenters. The first-order chi connectivity index (χ1) is 11.0. The van der Waals surface area contributed by atoms with Crippen LogP contribution in [0, 0.1) is 17.0 Å². The second-order valence-electron chi connectivity index (χ2n) is 5.53. The Morgan fingerprint density at radius 2 is 2.00 bits per heavy atom. The molecule has 6 heteroatoms. The fraction of sp³-hybridized carbons (Fsp3) is 0.235. The molecule has 0 spiro atoms. The van der Waals surface area contributed by atoms with Crippen molar-refractivity contribution in [3.63, 3.8) is 0 Å². The summed E-state index contributed by atoms with van der Waals surface area (Å²) in [6, 6.07) is 9.89. The predicted octanol–water partition coefficient (Wildman–Crippen LogP) is 3.48. The maximum atomic E-state index is 10.6. The number of aromatic hydroxyl groups is 1. The average molecular weight is 312 g/mol. The Kier molecular flexibility index (Phi) is 3.97. The number of nitrogens with zero attached hydrogens (tertiary/aromatic N) is 2. The normalized spacial score (nSPS) is 14.7. The van der Waals surface area contributed by atoms with Crippen molar-refractivity contribution in [3.05, 3.63) is 68.8 Å². The van der Waals surface area contributed by atoms with Crippen molar-refractivity contribution in [2.75, 3.05) is 0 Å². The van der Waals surface area contributed by atoms with Crippen LogP contribution in [-0.2, 0) is 17.9 Å². The number of rotatable bonds is 4. The van der Waals surface area contributed by atoms with Gasteiger partial charge < -0.3 is 9.94 Å². The molecule has 0 heterocycles. The number of oxime groups is 1. The SMILES string of the molecule is Cc1cc2c(cc1O)/C(=N/OCc1ccc([N+](=O)[O-])cc1)CC2. The second-order valence-corrected chi connectivity index (χ2v) is 5.53. The van der Waals surface area contributed by atoms with Gasteiger partial charge in [-0.15, -0.1) is 0 Å². The monoisotopic (exact) mass is 312 g/mol. The summed E-state index contributed by atoms with van der Waals surface area (Å²) >= 11 is 0. The molecule has 0 saturated heterocycles. The van der Waals surface area contributed by atoms with E-state index in [1.165, 1.54) is 12.1 Å². The molecule has 1 aliphatic carbocycles. The van der Waals surface area contributed by atoms with E-state index in [1.54, 1.807) is 18.2 Å². The molecule has 118 valence electrons. The number of phenolic OH excluding ortho intramolecular Hbond substituents is 1. The van der Waals surface area contributed by atoms with E-state index in [9.17, 15) is 15.2 Å². The summed E-state index contributed by atoms with van der Waals surface area (Å²) in [5.74, 6) is 0.258. The Morgan fingerprint density at radius 1 is 1.26 bits per heavy atom. The molecule has 0 amide bonds. The van der Waals surface area contributed by atoms with Crippen LogP contribution in [-0.4, -0.2) is 15.7 Å². The minimum atomic E-state index is -0.436. The van der Waals surface area contributed by atoms with Crippen molar-refractivity contribution in [2.24, 2.45) is 5.16 Å². The third kappa shape index (κ3) is 3.15. The van der Waals surface area contributed by atoms with E-state index in [-0.39, 0.29) is 18.0 Å². The zero-order valence-electron chi connectivity index (χ0n) is 12.7. The third-order valence-corrected chi connectivity index (χ3v) is 3.92. The van der Waals surface area contributed by atoms with E-state index in [0.29, 0.717) is 0 Å². The van der Waals surface area contributed by atoms with Gasteiger partial charge in [0.15, 0.2) is 0 Å². The maximum Gasteiger partial charge on any atom is 0.269 e. The third-order valence-electron chi connectivity index (χ3n) is 3.92. The highest BCUT2D eigenvalue weighted by molar-refractivity contribution is 6.04. The minimum absolute atomic E-state index is 0.0515. The standard InChI is InChI=1S/C17H16N2O4/c1-11-8-13-4-7-16(15(13)9-17(11)20)18-23-10-12-2-5-14(6-3-12)19(21)22/h2-3,5-6,8-9,20H,4,7,10H2,1H3/b18-16+. The Labute approximate surface area is 133 Å². The number of hydrogen-bond acceptors (Lipinski definition) is 5. The molecule has 0 unspecified atom stereocenters. The summed E-state index contributed by atoms with van der Waals surface area (Å²) < 4.78 is 0. The fourth-order valence-corrected chi connectivity index (χ4v) is 2.61. The highest BCUT2D eigenvalue weighted by atomic mass is 16.6. The highest BCUT2D eigenvalue weighted by Gasteiger charge is 2.20. The summed E-state index contributed by atoms with van der Waals surface area (Å²) in [6.07, 6.45) is 1.66. The molecule has 3 rings (SSSR count). The Hall–Kier alpha value is -2.89. The van der Waals surface area contributed by atoms with Crippen molar-refractivity contribution in [1.29, 1.82) is 0 Å². The van der Waals surface area contributed by atoms with Gasteiger partial charge in [0, 0.05) is 17.7 Å². The molecule has 23 heavy (non-hydrogen) atoms. The first-order valence-electron chi connectivity index (χ1n) is 7.29. The van der Waals surface area contributed by atoms with Gasteiger partial charge in [0.05, 0.1) is 10.6 Å². The van der Waals surface area contributed by atoms with Crippen LogP contribution >= 0.6 is 0 Å². The summed E-state index contributed by atoms with van der Waals surface area (Å²) in [6.45, 7) is 2.12. The number of nitro groups is 1. The van der Waals surface area contributed by atoms with Gasteiger partial charge in [-0.05, 0) is 54.7 Å². The summed E-state index contributed by atoms with van der Waals surface area (Å²) in [5.41, 5.74) is 4.63. The van der Waals surface area contributed by atoms with E-state index in [1.807, 2.05) is 13.0 Å². The number of aryl methyl sites for hydroxylation is 2. The molecule has 2 aromatic rings. The second kappa shape index (κ2) is 6.08. The first-order valence-corrected chi connectivity index (χ1v) is 7.29. The van der Waals surface area contributed by atoms with Crippen LogP contribution in [0.4, 0.5) is 5.69 Å². The lowest BCUT2D eigenvalue weighted by Gasteiger charge is -2.05. The van der Waals surface area contributed by atoms with E-state index >= 15 is 0 Å². The van der Waals surface area contributed by atoms with Crippen LogP contribution < -0.4 is 0 Å². The molecular weight excluding hydrogens is 296 g/mol. The lowest BCUT2D eigenvalue weighted by atomic mass is 10.1. The van der Waals surface area contributed by atoms with Gasteiger partial charge >= 0.3 is 0 Å². The molecule has 0 aliphatic heterocycles. The molecule has 1 aliphatic rings. The zero-order chi connectivity index (χ0) is 16.4.